The minimum atomic E-state index is -1.29. The third kappa shape index (κ3) is 6.66. The SMILES string of the molecule is CC(C)C[C@H](NC(=O)O)C(=O)N[C@H](C=O)C[C@@H]1CCCNC1=O. The Morgan fingerprint density at radius 1 is 1.39 bits per heavy atom. The van der Waals surface area contributed by atoms with Crippen LogP contribution in [-0.2, 0) is 14.4 Å². The third-order valence-corrected chi connectivity index (χ3v) is 3.75. The Bertz CT molecular complexity index is 452. The van der Waals surface area contributed by atoms with E-state index < -0.39 is 24.1 Å². The van der Waals surface area contributed by atoms with Gasteiger partial charge in [0.15, 0.2) is 0 Å². The Labute approximate surface area is 135 Å². The fraction of sp³-hybridized carbons (Fsp3) is 0.733. The predicted octanol–water partition coefficient (Wildman–Crippen LogP) is 0.269. The number of hydrogen-bond acceptors (Lipinski definition) is 4. The molecule has 8 heteroatoms. The highest BCUT2D eigenvalue weighted by atomic mass is 16.4. The average molecular weight is 327 g/mol. The van der Waals surface area contributed by atoms with Gasteiger partial charge in [-0.05, 0) is 31.6 Å². The second-order valence-electron chi connectivity index (χ2n) is 6.25. The lowest BCUT2D eigenvalue weighted by Gasteiger charge is -2.26. The molecule has 130 valence electrons. The van der Waals surface area contributed by atoms with Gasteiger partial charge >= 0.3 is 6.09 Å². The Morgan fingerprint density at radius 3 is 2.61 bits per heavy atom. The highest BCUT2D eigenvalue weighted by Crippen LogP contribution is 2.17. The number of aldehydes is 1. The molecule has 3 amide bonds. The second kappa shape index (κ2) is 9.12. The van der Waals surface area contributed by atoms with Crippen molar-refractivity contribution >= 4 is 24.2 Å². The maximum atomic E-state index is 12.2. The number of carbonyl (C=O) groups excluding carboxylic acids is 3. The zero-order chi connectivity index (χ0) is 17.4. The van der Waals surface area contributed by atoms with Crippen LogP contribution in [0.15, 0.2) is 0 Å². The second-order valence-corrected chi connectivity index (χ2v) is 6.25. The van der Waals surface area contributed by atoms with E-state index >= 15 is 0 Å². The highest BCUT2D eigenvalue weighted by Gasteiger charge is 2.28. The number of carbonyl (C=O) groups is 4. The lowest BCUT2D eigenvalue weighted by Crippen LogP contribution is -2.51. The Morgan fingerprint density at radius 2 is 2.09 bits per heavy atom. The molecule has 0 radical (unpaired) electrons. The summed E-state index contributed by atoms with van der Waals surface area (Å²) in [5.74, 6) is -0.860. The standard InChI is InChI=1S/C15H25N3O5/c1-9(2)6-12(18-15(22)23)14(21)17-11(8-19)7-10-4-3-5-16-13(10)20/h8-12,18H,3-7H2,1-2H3,(H,16,20)(H,17,21)(H,22,23)/t10-,11-,12-/m0/s1. The van der Waals surface area contributed by atoms with Crippen molar-refractivity contribution in [1.82, 2.24) is 16.0 Å². The number of rotatable bonds is 8. The summed E-state index contributed by atoms with van der Waals surface area (Å²) in [6.45, 7) is 4.37. The molecule has 0 spiro atoms. The van der Waals surface area contributed by atoms with Crippen LogP contribution in [0.1, 0.15) is 39.5 Å². The van der Waals surface area contributed by atoms with E-state index in [4.69, 9.17) is 5.11 Å². The number of piperidine rings is 1. The third-order valence-electron chi connectivity index (χ3n) is 3.75. The van der Waals surface area contributed by atoms with Crippen LogP contribution in [0.25, 0.3) is 0 Å². The van der Waals surface area contributed by atoms with Gasteiger partial charge in [0.25, 0.3) is 0 Å². The molecule has 1 heterocycles. The van der Waals surface area contributed by atoms with Gasteiger partial charge in [-0.25, -0.2) is 4.79 Å². The predicted molar refractivity (Wildman–Crippen MR) is 82.7 cm³/mol. The van der Waals surface area contributed by atoms with Gasteiger partial charge in [0.1, 0.15) is 12.3 Å². The quantitative estimate of drug-likeness (QED) is 0.476. The molecule has 8 nitrogen and oxygen atoms in total. The van der Waals surface area contributed by atoms with Crippen LogP contribution in [-0.4, -0.2) is 47.9 Å². The molecular formula is C15H25N3O5. The first-order valence-corrected chi connectivity index (χ1v) is 7.86. The van der Waals surface area contributed by atoms with E-state index in [1.807, 2.05) is 13.8 Å². The van der Waals surface area contributed by atoms with E-state index in [0.717, 1.165) is 6.42 Å². The van der Waals surface area contributed by atoms with Gasteiger partial charge < -0.3 is 25.9 Å². The van der Waals surface area contributed by atoms with Gasteiger partial charge in [-0.2, -0.15) is 0 Å². The summed E-state index contributed by atoms with van der Waals surface area (Å²) in [5, 5.41) is 16.2. The van der Waals surface area contributed by atoms with E-state index in [1.54, 1.807) is 0 Å². The zero-order valence-corrected chi connectivity index (χ0v) is 13.5. The molecule has 4 N–H and O–H groups in total. The summed E-state index contributed by atoms with van der Waals surface area (Å²) < 4.78 is 0. The van der Waals surface area contributed by atoms with Crippen molar-refractivity contribution in [2.24, 2.45) is 11.8 Å². The highest BCUT2D eigenvalue weighted by molar-refractivity contribution is 5.87. The molecule has 0 saturated carbocycles. The van der Waals surface area contributed by atoms with Crippen molar-refractivity contribution in [3.05, 3.63) is 0 Å². The molecule has 1 saturated heterocycles. The van der Waals surface area contributed by atoms with Crippen LogP contribution in [0.4, 0.5) is 4.79 Å². The molecule has 0 aromatic heterocycles. The molecule has 1 fully saturated rings. The summed E-state index contributed by atoms with van der Waals surface area (Å²) >= 11 is 0. The summed E-state index contributed by atoms with van der Waals surface area (Å²) in [6, 6.07) is -1.73. The van der Waals surface area contributed by atoms with Crippen molar-refractivity contribution in [2.45, 2.75) is 51.6 Å². The number of nitrogens with one attached hydrogen (secondary N) is 3. The topological polar surface area (TPSA) is 125 Å². The molecule has 0 aliphatic carbocycles. The molecule has 0 bridgehead atoms. The van der Waals surface area contributed by atoms with Crippen molar-refractivity contribution in [3.63, 3.8) is 0 Å². The first-order valence-electron chi connectivity index (χ1n) is 7.86. The fourth-order valence-corrected chi connectivity index (χ4v) is 2.65. The fourth-order valence-electron chi connectivity index (χ4n) is 2.65. The van der Waals surface area contributed by atoms with Crippen LogP contribution in [0.3, 0.4) is 0 Å². The molecule has 23 heavy (non-hydrogen) atoms. The maximum absolute atomic E-state index is 12.2. The van der Waals surface area contributed by atoms with E-state index in [0.29, 0.717) is 25.7 Å². The van der Waals surface area contributed by atoms with Crippen molar-refractivity contribution in [2.75, 3.05) is 6.54 Å². The average Bonchev–Trinajstić information content (AvgIpc) is 2.47. The van der Waals surface area contributed by atoms with Gasteiger partial charge in [0.05, 0.1) is 6.04 Å². The molecule has 1 rings (SSSR count). The Kier molecular flexibility index (Phi) is 7.50. The molecule has 0 unspecified atom stereocenters. The maximum Gasteiger partial charge on any atom is 0.405 e. The Hall–Kier alpha value is -2.12. The molecule has 1 aliphatic heterocycles. The number of carboxylic acid groups (broad SMARTS) is 1. The van der Waals surface area contributed by atoms with Gasteiger partial charge in [-0.3, -0.25) is 9.59 Å². The molecule has 3 atom stereocenters. The monoisotopic (exact) mass is 327 g/mol. The van der Waals surface area contributed by atoms with E-state index in [9.17, 15) is 19.2 Å². The van der Waals surface area contributed by atoms with Crippen LogP contribution < -0.4 is 16.0 Å². The normalized spacial score (nSPS) is 20.3. The number of hydrogen-bond donors (Lipinski definition) is 4. The molecule has 0 aromatic rings. The largest absolute Gasteiger partial charge is 0.465 e. The van der Waals surface area contributed by atoms with E-state index in [2.05, 4.69) is 16.0 Å². The first-order chi connectivity index (χ1) is 10.8. The summed E-state index contributed by atoms with van der Waals surface area (Å²) in [7, 11) is 0. The van der Waals surface area contributed by atoms with Crippen molar-refractivity contribution < 1.29 is 24.3 Å². The lowest BCUT2D eigenvalue weighted by molar-refractivity contribution is -0.129. The first kappa shape index (κ1) is 18.9. The molecule has 1 aliphatic rings. The van der Waals surface area contributed by atoms with Gasteiger partial charge in [-0.15, -0.1) is 0 Å². The minimum Gasteiger partial charge on any atom is -0.465 e. The summed E-state index contributed by atoms with van der Waals surface area (Å²) in [4.78, 5) is 45.9. The van der Waals surface area contributed by atoms with Crippen LogP contribution >= 0.6 is 0 Å². The zero-order valence-electron chi connectivity index (χ0n) is 13.5. The van der Waals surface area contributed by atoms with Crippen molar-refractivity contribution in [1.29, 1.82) is 0 Å². The van der Waals surface area contributed by atoms with Gasteiger partial charge in [0.2, 0.25) is 11.8 Å². The summed E-state index contributed by atoms with van der Waals surface area (Å²) in [6.07, 6.45) is 1.37. The smallest absolute Gasteiger partial charge is 0.405 e. The molecule has 0 aromatic carbocycles. The van der Waals surface area contributed by atoms with Crippen LogP contribution in [0, 0.1) is 11.8 Å². The Balaban J connectivity index is 2.63. The van der Waals surface area contributed by atoms with E-state index in [-0.39, 0.29) is 24.2 Å². The van der Waals surface area contributed by atoms with Gasteiger partial charge in [0, 0.05) is 12.5 Å². The van der Waals surface area contributed by atoms with Crippen molar-refractivity contribution in [3.8, 4) is 0 Å². The van der Waals surface area contributed by atoms with Crippen LogP contribution in [0.2, 0.25) is 0 Å². The van der Waals surface area contributed by atoms with Gasteiger partial charge in [-0.1, -0.05) is 13.8 Å². The summed E-state index contributed by atoms with van der Waals surface area (Å²) in [5.41, 5.74) is 0. The minimum absolute atomic E-state index is 0.108. The number of amides is 3. The molecular weight excluding hydrogens is 302 g/mol. The van der Waals surface area contributed by atoms with E-state index in [1.165, 1.54) is 0 Å². The van der Waals surface area contributed by atoms with Crippen LogP contribution in [0.5, 0.6) is 0 Å². The lowest BCUT2D eigenvalue weighted by atomic mass is 9.91.